The zero-order chi connectivity index (χ0) is 13.1. The highest BCUT2D eigenvalue weighted by molar-refractivity contribution is 5.60. The number of hydrogen-bond donors (Lipinski definition) is 0. The van der Waals surface area contributed by atoms with Gasteiger partial charge in [0.1, 0.15) is 0 Å². The van der Waals surface area contributed by atoms with Crippen molar-refractivity contribution in [3.05, 3.63) is 53.7 Å². The molecule has 0 aliphatic heterocycles. The van der Waals surface area contributed by atoms with Crippen LogP contribution < -0.4 is 0 Å². The van der Waals surface area contributed by atoms with Gasteiger partial charge in [-0.3, -0.25) is 4.98 Å². The van der Waals surface area contributed by atoms with E-state index in [0.717, 1.165) is 18.0 Å². The Hall–Kier alpha value is -1.63. The van der Waals surface area contributed by atoms with Gasteiger partial charge in [-0.05, 0) is 48.4 Å². The summed E-state index contributed by atoms with van der Waals surface area (Å²) in [6, 6.07) is 13.4. The van der Waals surface area contributed by atoms with E-state index in [-0.39, 0.29) is 0 Å². The van der Waals surface area contributed by atoms with Crippen LogP contribution in [0.1, 0.15) is 49.7 Å². The van der Waals surface area contributed by atoms with Crippen molar-refractivity contribution >= 4 is 0 Å². The van der Waals surface area contributed by atoms with Gasteiger partial charge in [-0.25, -0.2) is 0 Å². The van der Waals surface area contributed by atoms with Crippen LogP contribution in [0, 0.1) is 0 Å². The fourth-order valence-corrected chi connectivity index (χ4v) is 3.04. The summed E-state index contributed by atoms with van der Waals surface area (Å²) in [5.41, 5.74) is 5.19. The standard InChI is InChI=1S/C18H21N/c1-2-14-11-12-19-18(13-14)17-9-7-16(8-10-17)15-5-3-4-6-15/h7-13,15H,2-6H2,1H3. The summed E-state index contributed by atoms with van der Waals surface area (Å²) in [5.74, 6) is 0.795. The zero-order valence-electron chi connectivity index (χ0n) is 11.6. The summed E-state index contributed by atoms with van der Waals surface area (Å²) in [6.07, 6.45) is 8.50. The number of pyridine rings is 1. The van der Waals surface area contributed by atoms with Gasteiger partial charge >= 0.3 is 0 Å². The second-order valence-corrected chi connectivity index (χ2v) is 5.51. The third-order valence-corrected chi connectivity index (χ3v) is 4.27. The largest absolute Gasteiger partial charge is 0.256 e. The van der Waals surface area contributed by atoms with E-state index in [4.69, 9.17) is 0 Å². The summed E-state index contributed by atoms with van der Waals surface area (Å²) >= 11 is 0. The molecule has 1 heterocycles. The molecule has 0 unspecified atom stereocenters. The van der Waals surface area contributed by atoms with Gasteiger partial charge in [0.2, 0.25) is 0 Å². The van der Waals surface area contributed by atoms with Crippen molar-refractivity contribution in [3.63, 3.8) is 0 Å². The number of aryl methyl sites for hydroxylation is 1. The third kappa shape index (κ3) is 2.70. The Morgan fingerprint density at radius 2 is 1.79 bits per heavy atom. The molecule has 0 bridgehead atoms. The molecule has 1 heteroatoms. The van der Waals surface area contributed by atoms with Crippen molar-refractivity contribution in [3.8, 4) is 11.3 Å². The van der Waals surface area contributed by atoms with Gasteiger partial charge < -0.3 is 0 Å². The SMILES string of the molecule is CCc1ccnc(-c2ccc(C3CCCC3)cc2)c1. The molecule has 1 aromatic carbocycles. The van der Waals surface area contributed by atoms with Crippen LogP contribution in [0.15, 0.2) is 42.6 Å². The van der Waals surface area contributed by atoms with Crippen LogP contribution in [0.4, 0.5) is 0 Å². The Morgan fingerprint density at radius 1 is 1.05 bits per heavy atom. The summed E-state index contributed by atoms with van der Waals surface area (Å²) in [7, 11) is 0. The topological polar surface area (TPSA) is 12.9 Å². The molecule has 1 nitrogen and oxygen atoms in total. The molecule has 2 aromatic rings. The molecule has 0 radical (unpaired) electrons. The number of aromatic nitrogens is 1. The first-order valence-electron chi connectivity index (χ1n) is 7.42. The fourth-order valence-electron chi connectivity index (χ4n) is 3.04. The molecule has 0 N–H and O–H groups in total. The maximum absolute atomic E-state index is 4.48. The van der Waals surface area contributed by atoms with Gasteiger partial charge in [-0.1, -0.05) is 44.0 Å². The molecular formula is C18H21N. The minimum atomic E-state index is 0.795. The van der Waals surface area contributed by atoms with Crippen LogP contribution in [0.5, 0.6) is 0 Å². The average molecular weight is 251 g/mol. The van der Waals surface area contributed by atoms with E-state index in [0.29, 0.717) is 0 Å². The van der Waals surface area contributed by atoms with Crippen LogP contribution in [-0.4, -0.2) is 4.98 Å². The quantitative estimate of drug-likeness (QED) is 0.750. The maximum Gasteiger partial charge on any atom is 0.0704 e. The second-order valence-electron chi connectivity index (χ2n) is 5.51. The summed E-state index contributed by atoms with van der Waals surface area (Å²) in [5, 5.41) is 0. The molecule has 19 heavy (non-hydrogen) atoms. The number of rotatable bonds is 3. The van der Waals surface area contributed by atoms with E-state index >= 15 is 0 Å². The van der Waals surface area contributed by atoms with Crippen LogP contribution in [0.3, 0.4) is 0 Å². The van der Waals surface area contributed by atoms with Crippen LogP contribution in [0.2, 0.25) is 0 Å². The lowest BCUT2D eigenvalue weighted by molar-refractivity contribution is 0.723. The molecular weight excluding hydrogens is 230 g/mol. The minimum Gasteiger partial charge on any atom is -0.256 e. The van der Waals surface area contributed by atoms with Crippen molar-refractivity contribution in [2.75, 3.05) is 0 Å². The van der Waals surface area contributed by atoms with Crippen LogP contribution in [-0.2, 0) is 6.42 Å². The van der Waals surface area contributed by atoms with Gasteiger partial charge in [-0.15, -0.1) is 0 Å². The van der Waals surface area contributed by atoms with Crippen LogP contribution in [0.25, 0.3) is 11.3 Å². The van der Waals surface area contributed by atoms with E-state index in [9.17, 15) is 0 Å². The molecule has 0 amide bonds. The van der Waals surface area contributed by atoms with E-state index < -0.39 is 0 Å². The molecule has 3 rings (SSSR count). The van der Waals surface area contributed by atoms with E-state index in [1.165, 1.54) is 42.4 Å². The predicted octanol–water partition coefficient (Wildman–Crippen LogP) is 4.97. The second kappa shape index (κ2) is 5.56. The van der Waals surface area contributed by atoms with Gasteiger partial charge in [-0.2, -0.15) is 0 Å². The van der Waals surface area contributed by atoms with Crippen molar-refractivity contribution < 1.29 is 0 Å². The predicted molar refractivity (Wildman–Crippen MR) is 80.3 cm³/mol. The smallest absolute Gasteiger partial charge is 0.0704 e. The molecule has 0 saturated heterocycles. The van der Waals surface area contributed by atoms with Crippen LogP contribution >= 0.6 is 0 Å². The summed E-state index contributed by atoms with van der Waals surface area (Å²) < 4.78 is 0. The van der Waals surface area contributed by atoms with Crippen molar-refractivity contribution in [1.82, 2.24) is 4.98 Å². The number of benzene rings is 1. The van der Waals surface area contributed by atoms with E-state index in [1.807, 2.05) is 6.20 Å². The number of hydrogen-bond acceptors (Lipinski definition) is 1. The Balaban J connectivity index is 1.84. The van der Waals surface area contributed by atoms with Crippen molar-refractivity contribution in [1.29, 1.82) is 0 Å². The van der Waals surface area contributed by atoms with Gasteiger partial charge in [0.05, 0.1) is 5.69 Å². The van der Waals surface area contributed by atoms with E-state index in [2.05, 4.69) is 48.3 Å². The molecule has 1 aromatic heterocycles. The Morgan fingerprint density at radius 3 is 2.47 bits per heavy atom. The van der Waals surface area contributed by atoms with Gasteiger partial charge in [0.25, 0.3) is 0 Å². The minimum absolute atomic E-state index is 0.795. The molecule has 1 fully saturated rings. The fraction of sp³-hybridized carbons (Fsp3) is 0.389. The maximum atomic E-state index is 4.48. The molecule has 1 aliphatic carbocycles. The normalized spacial score (nSPS) is 15.8. The Bertz CT molecular complexity index is 536. The van der Waals surface area contributed by atoms with Crippen molar-refractivity contribution in [2.24, 2.45) is 0 Å². The van der Waals surface area contributed by atoms with Crippen molar-refractivity contribution in [2.45, 2.75) is 44.9 Å². The zero-order valence-corrected chi connectivity index (χ0v) is 11.6. The highest BCUT2D eigenvalue weighted by atomic mass is 14.7. The molecule has 98 valence electrons. The molecule has 1 saturated carbocycles. The number of nitrogens with zero attached hydrogens (tertiary/aromatic N) is 1. The first-order chi connectivity index (χ1) is 9.36. The lowest BCUT2D eigenvalue weighted by Gasteiger charge is -2.10. The third-order valence-electron chi connectivity index (χ3n) is 4.27. The Kier molecular flexibility index (Phi) is 3.63. The lowest BCUT2D eigenvalue weighted by atomic mass is 9.96. The highest BCUT2D eigenvalue weighted by Gasteiger charge is 2.16. The molecule has 0 spiro atoms. The van der Waals surface area contributed by atoms with E-state index in [1.54, 1.807) is 0 Å². The Labute approximate surface area is 115 Å². The molecule has 1 aliphatic rings. The first kappa shape index (κ1) is 12.4. The summed E-state index contributed by atoms with van der Waals surface area (Å²) in [4.78, 5) is 4.48. The monoisotopic (exact) mass is 251 g/mol. The first-order valence-corrected chi connectivity index (χ1v) is 7.42. The van der Waals surface area contributed by atoms with Gasteiger partial charge in [0.15, 0.2) is 0 Å². The lowest BCUT2D eigenvalue weighted by Crippen LogP contribution is -1.92. The summed E-state index contributed by atoms with van der Waals surface area (Å²) in [6.45, 7) is 2.18. The highest BCUT2D eigenvalue weighted by Crippen LogP contribution is 2.34. The molecule has 0 atom stereocenters. The van der Waals surface area contributed by atoms with Gasteiger partial charge in [0, 0.05) is 11.8 Å². The average Bonchev–Trinajstić information content (AvgIpc) is 3.02.